The van der Waals surface area contributed by atoms with Gasteiger partial charge in [-0.15, -0.1) is 0 Å². The number of benzene rings is 1. The summed E-state index contributed by atoms with van der Waals surface area (Å²) in [4.78, 5) is 38.7. The summed E-state index contributed by atoms with van der Waals surface area (Å²) in [5, 5.41) is 3.08. The standard InChI is InChI=1S/C26H27N5O2/c32-24-16-29-25-23(31(24)17-20-9-10-20)14-21(15-28-25)26(33)30(18-22-8-4-5-12-27-22)13-11-19-6-2-1-3-7-19/h1-8,12,14-15,20H,9-11,13,16-18H2,(H,28,29). The van der Waals surface area contributed by atoms with Crippen molar-refractivity contribution < 1.29 is 9.59 Å². The summed E-state index contributed by atoms with van der Waals surface area (Å²) in [7, 11) is 0. The van der Waals surface area contributed by atoms with Gasteiger partial charge in [-0.25, -0.2) is 4.98 Å². The Bertz CT molecular complexity index is 1130. The lowest BCUT2D eigenvalue weighted by atomic mass is 10.1. The van der Waals surface area contributed by atoms with Gasteiger partial charge in [0.1, 0.15) is 5.82 Å². The predicted octanol–water partition coefficient (Wildman–Crippen LogP) is 3.53. The van der Waals surface area contributed by atoms with Gasteiger partial charge in [0.15, 0.2) is 0 Å². The molecular weight excluding hydrogens is 414 g/mol. The first-order chi connectivity index (χ1) is 16.2. The van der Waals surface area contributed by atoms with E-state index in [1.54, 1.807) is 17.3 Å². The lowest BCUT2D eigenvalue weighted by Gasteiger charge is -2.30. The molecule has 0 atom stereocenters. The van der Waals surface area contributed by atoms with E-state index in [0.717, 1.165) is 25.0 Å². The van der Waals surface area contributed by atoms with Crippen LogP contribution in [0, 0.1) is 5.92 Å². The van der Waals surface area contributed by atoms with Gasteiger partial charge in [0.05, 0.1) is 30.0 Å². The van der Waals surface area contributed by atoms with Gasteiger partial charge >= 0.3 is 0 Å². The molecule has 2 aromatic heterocycles. The topological polar surface area (TPSA) is 78.4 Å². The van der Waals surface area contributed by atoms with Gasteiger partial charge in [-0.2, -0.15) is 0 Å². The number of amides is 2. The first-order valence-electron chi connectivity index (χ1n) is 11.4. The van der Waals surface area contributed by atoms with Crippen LogP contribution in [0.4, 0.5) is 11.5 Å². The third-order valence-corrected chi connectivity index (χ3v) is 6.13. The van der Waals surface area contributed by atoms with E-state index in [-0.39, 0.29) is 18.4 Å². The molecule has 7 heteroatoms. The number of nitrogens with one attached hydrogen (secondary N) is 1. The molecule has 1 N–H and O–H groups in total. The van der Waals surface area contributed by atoms with E-state index < -0.39 is 0 Å². The summed E-state index contributed by atoms with van der Waals surface area (Å²) in [6.45, 7) is 1.90. The molecule has 2 aliphatic rings. The van der Waals surface area contributed by atoms with Crippen molar-refractivity contribution in [1.82, 2.24) is 14.9 Å². The van der Waals surface area contributed by atoms with Gasteiger partial charge in [-0.3, -0.25) is 14.6 Å². The van der Waals surface area contributed by atoms with Crippen molar-refractivity contribution in [2.45, 2.75) is 25.8 Å². The number of nitrogens with zero attached hydrogens (tertiary/aromatic N) is 4. The number of carbonyl (C=O) groups excluding carboxylic acids is 2. The third-order valence-electron chi connectivity index (χ3n) is 6.13. The Balaban J connectivity index is 1.40. The maximum Gasteiger partial charge on any atom is 0.255 e. The molecule has 3 heterocycles. The average molecular weight is 442 g/mol. The van der Waals surface area contributed by atoms with Gasteiger partial charge in [0.25, 0.3) is 5.91 Å². The summed E-state index contributed by atoms with van der Waals surface area (Å²) < 4.78 is 0. The summed E-state index contributed by atoms with van der Waals surface area (Å²) >= 11 is 0. The van der Waals surface area contributed by atoms with E-state index in [1.165, 1.54) is 5.56 Å². The highest BCUT2D eigenvalue weighted by molar-refractivity contribution is 6.04. The van der Waals surface area contributed by atoms with Crippen LogP contribution in [0.25, 0.3) is 0 Å². The summed E-state index contributed by atoms with van der Waals surface area (Å²) in [5.74, 6) is 1.12. The fraction of sp³-hybridized carbons (Fsp3) is 0.308. The number of hydrogen-bond donors (Lipinski definition) is 1. The summed E-state index contributed by atoms with van der Waals surface area (Å²) in [6, 6.07) is 17.7. The van der Waals surface area contributed by atoms with Crippen molar-refractivity contribution in [3.05, 3.63) is 83.8 Å². The predicted molar refractivity (Wildman–Crippen MR) is 127 cm³/mol. The van der Waals surface area contributed by atoms with Crippen LogP contribution in [0.1, 0.15) is 34.5 Å². The van der Waals surface area contributed by atoms with Crippen LogP contribution in [-0.4, -0.2) is 46.3 Å². The van der Waals surface area contributed by atoms with Gasteiger partial charge in [0, 0.05) is 25.5 Å². The smallest absolute Gasteiger partial charge is 0.255 e. The molecule has 0 radical (unpaired) electrons. The molecule has 7 nitrogen and oxygen atoms in total. The number of aromatic nitrogens is 2. The number of anilines is 2. The molecule has 0 spiro atoms. The zero-order valence-corrected chi connectivity index (χ0v) is 18.5. The number of fused-ring (bicyclic) bond motifs is 1. The highest BCUT2D eigenvalue weighted by Gasteiger charge is 2.32. The second-order valence-electron chi connectivity index (χ2n) is 8.68. The lowest BCUT2D eigenvalue weighted by Crippen LogP contribution is -2.42. The van der Waals surface area contributed by atoms with Crippen LogP contribution in [0.5, 0.6) is 0 Å². The molecule has 1 aliphatic carbocycles. The molecule has 0 saturated heterocycles. The third kappa shape index (κ3) is 5.03. The van der Waals surface area contributed by atoms with E-state index in [2.05, 4.69) is 27.4 Å². The largest absolute Gasteiger partial charge is 0.359 e. The van der Waals surface area contributed by atoms with Crippen LogP contribution in [0.3, 0.4) is 0 Å². The van der Waals surface area contributed by atoms with Crippen LogP contribution in [0.2, 0.25) is 0 Å². The van der Waals surface area contributed by atoms with E-state index in [0.29, 0.717) is 42.6 Å². The average Bonchev–Trinajstić information content (AvgIpc) is 3.68. The van der Waals surface area contributed by atoms with Crippen molar-refractivity contribution in [3.8, 4) is 0 Å². The minimum Gasteiger partial charge on any atom is -0.359 e. The number of rotatable bonds is 8. The quantitative estimate of drug-likeness (QED) is 0.579. The molecule has 2 amide bonds. The molecule has 1 saturated carbocycles. The molecule has 168 valence electrons. The maximum atomic E-state index is 13.6. The zero-order valence-electron chi connectivity index (χ0n) is 18.5. The molecule has 0 bridgehead atoms. The van der Waals surface area contributed by atoms with E-state index >= 15 is 0 Å². The molecule has 1 fully saturated rings. The van der Waals surface area contributed by atoms with Crippen LogP contribution < -0.4 is 10.2 Å². The Hall–Kier alpha value is -3.74. The van der Waals surface area contributed by atoms with E-state index in [9.17, 15) is 9.59 Å². The Morgan fingerprint density at radius 3 is 2.67 bits per heavy atom. The molecule has 3 aromatic rings. The Kier molecular flexibility index (Phi) is 6.02. The number of pyridine rings is 2. The van der Waals surface area contributed by atoms with Gasteiger partial charge < -0.3 is 15.1 Å². The number of hydrogen-bond acceptors (Lipinski definition) is 5. The van der Waals surface area contributed by atoms with Crippen molar-refractivity contribution in [2.75, 3.05) is 29.9 Å². The molecule has 5 rings (SSSR count). The van der Waals surface area contributed by atoms with Gasteiger partial charge in [0.2, 0.25) is 5.91 Å². The first-order valence-corrected chi connectivity index (χ1v) is 11.4. The first kappa shape index (κ1) is 21.1. The summed E-state index contributed by atoms with van der Waals surface area (Å²) in [6.07, 6.45) is 6.38. The van der Waals surface area contributed by atoms with Crippen LogP contribution >= 0.6 is 0 Å². The van der Waals surface area contributed by atoms with Crippen molar-refractivity contribution in [2.24, 2.45) is 5.92 Å². The second-order valence-corrected chi connectivity index (χ2v) is 8.68. The Labute approximate surface area is 193 Å². The SMILES string of the molecule is O=C(c1cnc2c(c1)N(CC1CC1)C(=O)CN2)N(CCc1ccccc1)Cc1ccccn1. The molecular formula is C26H27N5O2. The number of carbonyl (C=O) groups is 2. The molecule has 0 unspecified atom stereocenters. The minimum absolute atomic E-state index is 0.0234. The minimum atomic E-state index is -0.115. The normalized spacial score (nSPS) is 15.0. The van der Waals surface area contributed by atoms with Gasteiger partial charge in [-0.05, 0) is 48.9 Å². The van der Waals surface area contributed by atoms with Crippen LogP contribution in [0.15, 0.2) is 67.0 Å². The Morgan fingerprint density at radius 2 is 1.91 bits per heavy atom. The maximum absolute atomic E-state index is 13.6. The van der Waals surface area contributed by atoms with Crippen molar-refractivity contribution in [1.29, 1.82) is 0 Å². The fourth-order valence-corrected chi connectivity index (χ4v) is 4.09. The zero-order chi connectivity index (χ0) is 22.6. The highest BCUT2D eigenvalue weighted by Crippen LogP contribution is 2.35. The van der Waals surface area contributed by atoms with Crippen molar-refractivity contribution in [3.63, 3.8) is 0 Å². The summed E-state index contributed by atoms with van der Waals surface area (Å²) in [5.41, 5.74) is 3.18. The fourth-order valence-electron chi connectivity index (χ4n) is 4.09. The van der Waals surface area contributed by atoms with Crippen molar-refractivity contribution >= 4 is 23.3 Å². The lowest BCUT2D eigenvalue weighted by molar-refractivity contribution is -0.117. The molecule has 1 aromatic carbocycles. The monoisotopic (exact) mass is 441 g/mol. The van der Waals surface area contributed by atoms with E-state index in [1.807, 2.05) is 47.4 Å². The second kappa shape index (κ2) is 9.40. The van der Waals surface area contributed by atoms with Crippen LogP contribution in [-0.2, 0) is 17.8 Å². The Morgan fingerprint density at radius 1 is 1.09 bits per heavy atom. The van der Waals surface area contributed by atoms with E-state index in [4.69, 9.17) is 0 Å². The van der Waals surface area contributed by atoms with Gasteiger partial charge in [-0.1, -0.05) is 36.4 Å². The highest BCUT2D eigenvalue weighted by atomic mass is 16.2. The molecule has 1 aliphatic heterocycles. The molecule has 33 heavy (non-hydrogen) atoms.